The number of ketones is 1. The minimum absolute atomic E-state index is 0. The van der Waals surface area contributed by atoms with E-state index in [4.69, 9.17) is 15.0 Å². The molecule has 1 radical (unpaired) electrons. The fourth-order valence-electron chi connectivity index (χ4n) is 6.58. The first-order valence-electron chi connectivity index (χ1n) is 19.3. The molecule has 0 amide bonds. The molecule has 0 saturated heterocycles. The van der Waals surface area contributed by atoms with Gasteiger partial charge in [-0.1, -0.05) is 79.7 Å². The Labute approximate surface area is 332 Å². The van der Waals surface area contributed by atoms with Crippen molar-refractivity contribution in [2.75, 3.05) is 0 Å². The summed E-state index contributed by atoms with van der Waals surface area (Å²) in [4.78, 5) is 26.6. The van der Waals surface area contributed by atoms with Crippen molar-refractivity contribution in [2.45, 2.75) is 113 Å². The summed E-state index contributed by atoms with van der Waals surface area (Å²) in [5, 5.41) is 10.9. The summed E-state index contributed by atoms with van der Waals surface area (Å²) >= 11 is 0. The van der Waals surface area contributed by atoms with Crippen molar-refractivity contribution in [3.8, 4) is 22.5 Å². The van der Waals surface area contributed by atoms with E-state index in [0.29, 0.717) is 5.92 Å². The van der Waals surface area contributed by atoms with E-state index in [1.54, 1.807) is 0 Å². The normalized spacial score (nSPS) is 11.5. The van der Waals surface area contributed by atoms with Gasteiger partial charge in [0.1, 0.15) is 5.82 Å². The zero-order valence-corrected chi connectivity index (χ0v) is 35.3. The maximum Gasteiger partial charge on any atom is 0.162 e. The quantitative estimate of drug-likeness (QED) is 0.0490. The Kier molecular flexibility index (Phi) is 17.7. The number of aryl methyl sites for hydroxylation is 4. The van der Waals surface area contributed by atoms with Crippen molar-refractivity contribution < 1.29 is 30.0 Å². The van der Waals surface area contributed by atoms with Crippen LogP contribution in [0.25, 0.3) is 33.4 Å². The molecule has 0 saturated carbocycles. The Morgan fingerprint density at radius 3 is 2.15 bits per heavy atom. The van der Waals surface area contributed by atoms with E-state index in [0.717, 1.165) is 102 Å². The molecule has 5 nitrogen and oxygen atoms in total. The van der Waals surface area contributed by atoms with Crippen LogP contribution < -0.4 is 0 Å². The third kappa shape index (κ3) is 12.5. The van der Waals surface area contributed by atoms with E-state index in [-0.39, 0.29) is 43.5 Å². The zero-order valence-electron chi connectivity index (χ0n) is 32.9. The molecule has 0 aliphatic heterocycles. The van der Waals surface area contributed by atoms with Crippen molar-refractivity contribution in [1.29, 1.82) is 0 Å². The minimum Gasteiger partial charge on any atom is -0.512 e. The van der Waals surface area contributed by atoms with E-state index in [9.17, 15) is 9.90 Å². The van der Waals surface area contributed by atoms with Gasteiger partial charge in [0.15, 0.2) is 5.78 Å². The first-order chi connectivity index (χ1) is 25.1. The number of aromatic nitrogens is 3. The smallest absolute Gasteiger partial charge is 0.162 e. The molecule has 1 N–H and O–H groups in total. The number of carbonyl (C=O) groups excluding carboxylic acids is 1. The summed E-state index contributed by atoms with van der Waals surface area (Å²) in [6.45, 7) is 16.7. The second kappa shape index (κ2) is 21.6. The van der Waals surface area contributed by atoms with Crippen LogP contribution in [0.3, 0.4) is 0 Å². The third-order valence-electron chi connectivity index (χ3n) is 9.79. The summed E-state index contributed by atoms with van der Waals surface area (Å²) in [6, 6.07) is 32.0. The molecule has 2 aromatic heterocycles. The number of carbonyl (C=O) groups is 1. The van der Waals surface area contributed by atoms with E-state index in [2.05, 4.69) is 94.4 Å². The number of nitrogens with zero attached hydrogens (tertiary/aromatic N) is 3. The Balaban J connectivity index is 0.000000403. The molecule has 0 aliphatic rings. The van der Waals surface area contributed by atoms with E-state index in [1.165, 1.54) is 17.2 Å². The molecule has 0 atom stereocenters. The van der Waals surface area contributed by atoms with Gasteiger partial charge in [-0.3, -0.25) is 9.78 Å². The van der Waals surface area contributed by atoms with Crippen molar-refractivity contribution in [1.82, 2.24) is 15.0 Å². The predicted molar refractivity (Wildman–Crippen MR) is 216 cm³/mol. The van der Waals surface area contributed by atoms with Crippen LogP contribution in [-0.4, -0.2) is 25.8 Å². The number of aliphatic hydroxyl groups excluding tert-OH is 1. The van der Waals surface area contributed by atoms with Gasteiger partial charge in [0, 0.05) is 50.1 Å². The van der Waals surface area contributed by atoms with Gasteiger partial charge in [0.2, 0.25) is 0 Å². The van der Waals surface area contributed by atoms with Crippen LogP contribution in [0, 0.1) is 37.8 Å². The standard InChI is InChI=1S/C34H33N3.C13H24O2.Ir/c1-23(2)27-17-18-30-32(22-27)36-33(37-34(30)28-20-24(3)19-25(4)21-28)16-9-8-13-29-14-10-15-31(35-29)26-11-6-5-7-12-26;1-5-10(6-2)12(14)9-13(15)11(7-3)8-4;/h5-7,10-11,14-15,17-20,22-23H,8-9,13,16H2,1-4H3;9-11,14H,5-8H2,1-4H3;/q-2;;/b;12-9-;. The molecule has 6 heteroatoms. The van der Waals surface area contributed by atoms with Gasteiger partial charge >= 0.3 is 0 Å². The summed E-state index contributed by atoms with van der Waals surface area (Å²) in [7, 11) is 0. The first kappa shape index (κ1) is 43.4. The Morgan fingerprint density at radius 1 is 0.792 bits per heavy atom. The minimum atomic E-state index is 0. The first-order valence-corrected chi connectivity index (χ1v) is 19.3. The van der Waals surface area contributed by atoms with E-state index >= 15 is 0 Å². The van der Waals surface area contributed by atoms with Crippen molar-refractivity contribution in [3.05, 3.63) is 125 Å². The fourth-order valence-corrected chi connectivity index (χ4v) is 6.58. The summed E-state index contributed by atoms with van der Waals surface area (Å²) < 4.78 is 0. The molecule has 0 aliphatic carbocycles. The van der Waals surface area contributed by atoms with Crippen LogP contribution in [-0.2, 0) is 37.7 Å². The SMILES string of the molecule is CCC(CC)C(=O)/C=C(\O)C(CC)CC.Cc1[c-]c(-c2nc(CCCCc3cccc(-c4[c-]cccc4)n3)nc3cc(C(C)C)ccc23)cc(C)c1.[Ir]. The molecule has 53 heavy (non-hydrogen) atoms. The molecule has 5 aromatic rings. The van der Waals surface area contributed by atoms with Crippen molar-refractivity contribution in [2.24, 2.45) is 11.8 Å². The Hall–Kier alpha value is -3.99. The number of fused-ring (bicyclic) bond motifs is 1. The second-order valence-electron chi connectivity index (χ2n) is 14.2. The topological polar surface area (TPSA) is 76.0 Å². The molecule has 5 rings (SSSR count). The Morgan fingerprint density at radius 2 is 1.51 bits per heavy atom. The van der Waals surface area contributed by atoms with Crippen LogP contribution in [0.5, 0.6) is 0 Å². The van der Waals surface area contributed by atoms with Gasteiger partial charge in [0.25, 0.3) is 0 Å². The number of hydrogen-bond acceptors (Lipinski definition) is 5. The fraction of sp³-hybridized carbons (Fsp3) is 0.404. The molecular formula is C47H57IrN3O2-2. The van der Waals surface area contributed by atoms with Gasteiger partial charge in [-0.2, -0.15) is 0 Å². The van der Waals surface area contributed by atoms with Crippen molar-refractivity contribution >= 4 is 16.7 Å². The van der Waals surface area contributed by atoms with Crippen LogP contribution >= 0.6 is 0 Å². The number of allylic oxidation sites excluding steroid dienone is 2. The predicted octanol–water partition coefficient (Wildman–Crippen LogP) is 12.1. The average molecular weight is 888 g/mol. The molecule has 283 valence electrons. The van der Waals surface area contributed by atoms with E-state index < -0.39 is 0 Å². The number of rotatable bonds is 15. The van der Waals surface area contributed by atoms with Crippen molar-refractivity contribution in [3.63, 3.8) is 0 Å². The van der Waals surface area contributed by atoms with Gasteiger partial charge in [-0.25, -0.2) is 4.98 Å². The largest absolute Gasteiger partial charge is 0.512 e. The number of aliphatic hydroxyl groups is 1. The molecular weight excluding hydrogens is 831 g/mol. The number of pyridine rings is 1. The van der Waals surface area contributed by atoms with Crippen LogP contribution in [0.4, 0.5) is 0 Å². The number of unbranched alkanes of at least 4 members (excludes halogenated alkanes) is 1. The maximum absolute atomic E-state index is 11.7. The molecule has 0 bridgehead atoms. The molecule has 0 fully saturated rings. The molecule has 0 spiro atoms. The maximum atomic E-state index is 11.7. The van der Waals surface area contributed by atoms with Crippen LogP contribution in [0.2, 0.25) is 0 Å². The van der Waals surface area contributed by atoms with Gasteiger partial charge < -0.3 is 10.1 Å². The van der Waals surface area contributed by atoms with E-state index in [1.807, 2.05) is 45.9 Å². The number of benzene rings is 3. The Bertz CT molecular complexity index is 1910. The van der Waals surface area contributed by atoms with Crippen LogP contribution in [0.1, 0.15) is 114 Å². The van der Waals surface area contributed by atoms with Crippen LogP contribution in [0.15, 0.2) is 84.6 Å². The average Bonchev–Trinajstić information content (AvgIpc) is 3.14. The number of hydrogen-bond donors (Lipinski definition) is 1. The van der Waals surface area contributed by atoms with Gasteiger partial charge in [0.05, 0.1) is 11.3 Å². The molecule has 3 aromatic carbocycles. The third-order valence-corrected chi connectivity index (χ3v) is 9.79. The molecule has 0 unspecified atom stereocenters. The summed E-state index contributed by atoms with van der Waals surface area (Å²) in [6.07, 6.45) is 8.72. The second-order valence-corrected chi connectivity index (χ2v) is 14.2. The monoisotopic (exact) mass is 888 g/mol. The van der Waals surface area contributed by atoms with Gasteiger partial charge in [-0.15, -0.1) is 70.8 Å². The zero-order chi connectivity index (χ0) is 37.6. The van der Waals surface area contributed by atoms with Gasteiger partial charge in [-0.05, 0) is 85.3 Å². The summed E-state index contributed by atoms with van der Waals surface area (Å²) in [5.74, 6) is 1.90. The molecule has 2 heterocycles. The summed E-state index contributed by atoms with van der Waals surface area (Å²) in [5.41, 5.74) is 9.82.